The summed E-state index contributed by atoms with van der Waals surface area (Å²) in [7, 11) is 0. The van der Waals surface area contributed by atoms with E-state index in [-0.39, 0.29) is 12.0 Å². The van der Waals surface area contributed by atoms with Gasteiger partial charge in [-0.05, 0) is 38.3 Å². The molecule has 0 radical (unpaired) electrons. The molecule has 1 atom stereocenters. The van der Waals surface area contributed by atoms with Gasteiger partial charge in [0.05, 0.1) is 0 Å². The molecule has 9 heteroatoms. The van der Waals surface area contributed by atoms with Gasteiger partial charge in [0.15, 0.2) is 11.8 Å². The molecule has 2 aromatic heterocycles. The van der Waals surface area contributed by atoms with Crippen LogP contribution in [0.25, 0.3) is 11.6 Å². The minimum absolute atomic E-state index is 0.223. The van der Waals surface area contributed by atoms with Crippen molar-refractivity contribution in [1.29, 1.82) is 0 Å². The van der Waals surface area contributed by atoms with Crippen LogP contribution in [0.15, 0.2) is 33.9 Å². The predicted molar refractivity (Wildman–Crippen MR) is 122 cm³/mol. The molecule has 2 N–H and O–H groups in total. The van der Waals surface area contributed by atoms with E-state index in [0.29, 0.717) is 36.3 Å². The average Bonchev–Trinajstić information content (AvgIpc) is 3.50. The third-order valence-corrected chi connectivity index (χ3v) is 6.10. The van der Waals surface area contributed by atoms with Gasteiger partial charge in [-0.2, -0.15) is 4.98 Å². The fraction of sp³-hybridized carbons (Fsp3) is 0.609. The van der Waals surface area contributed by atoms with E-state index in [1.54, 1.807) is 6.20 Å². The highest BCUT2D eigenvalue weighted by Crippen LogP contribution is 2.26. The molecule has 9 nitrogen and oxygen atoms in total. The van der Waals surface area contributed by atoms with Crippen molar-refractivity contribution in [2.45, 2.75) is 57.9 Å². The summed E-state index contributed by atoms with van der Waals surface area (Å²) in [5.74, 6) is 2.36. The molecule has 2 aromatic rings. The number of carbonyl (C=O) groups is 1. The summed E-state index contributed by atoms with van der Waals surface area (Å²) in [4.78, 5) is 28.2. The van der Waals surface area contributed by atoms with Crippen LogP contribution in [0.3, 0.4) is 0 Å². The van der Waals surface area contributed by atoms with Crippen LogP contribution in [0.4, 0.5) is 0 Å². The van der Waals surface area contributed by atoms with Crippen LogP contribution in [-0.2, 0) is 11.2 Å². The second kappa shape index (κ2) is 11.1. The minimum atomic E-state index is 0.223. The number of guanidine groups is 1. The Morgan fingerprint density at radius 3 is 2.91 bits per heavy atom. The lowest BCUT2D eigenvalue weighted by Crippen LogP contribution is -2.45. The van der Waals surface area contributed by atoms with E-state index in [2.05, 4.69) is 30.8 Å². The van der Waals surface area contributed by atoms with E-state index in [0.717, 1.165) is 44.9 Å². The van der Waals surface area contributed by atoms with Crippen LogP contribution >= 0.6 is 0 Å². The van der Waals surface area contributed by atoms with Crippen LogP contribution in [-0.4, -0.2) is 64.1 Å². The predicted octanol–water partition coefficient (Wildman–Crippen LogP) is 2.41. The van der Waals surface area contributed by atoms with Gasteiger partial charge >= 0.3 is 0 Å². The lowest BCUT2D eigenvalue weighted by atomic mass is 9.88. The zero-order chi connectivity index (χ0) is 22.2. The molecular formula is C23H33N7O2. The number of carbonyl (C=O) groups excluding carboxylic acids is 1. The summed E-state index contributed by atoms with van der Waals surface area (Å²) >= 11 is 0. The first-order valence-corrected chi connectivity index (χ1v) is 11.8. The molecule has 0 aromatic carbocycles. The van der Waals surface area contributed by atoms with Crippen molar-refractivity contribution in [2.75, 3.05) is 26.2 Å². The number of pyridine rings is 1. The molecule has 1 aliphatic carbocycles. The maximum atomic E-state index is 12.8. The normalized spacial score (nSPS) is 19.8. The van der Waals surface area contributed by atoms with Crippen molar-refractivity contribution in [1.82, 2.24) is 30.7 Å². The molecule has 172 valence electrons. The van der Waals surface area contributed by atoms with E-state index in [1.807, 2.05) is 30.0 Å². The summed E-state index contributed by atoms with van der Waals surface area (Å²) in [5.41, 5.74) is 0.665. The molecule has 2 fully saturated rings. The van der Waals surface area contributed by atoms with Crippen LogP contribution in [0.2, 0.25) is 0 Å². The fourth-order valence-electron chi connectivity index (χ4n) is 4.42. The third-order valence-electron chi connectivity index (χ3n) is 6.10. The first-order valence-electron chi connectivity index (χ1n) is 11.8. The molecule has 1 unspecified atom stereocenters. The van der Waals surface area contributed by atoms with Crippen molar-refractivity contribution in [2.24, 2.45) is 10.9 Å². The lowest BCUT2D eigenvalue weighted by Gasteiger charge is -2.26. The molecule has 4 rings (SSSR count). The number of likely N-dealkylation sites (tertiary alicyclic amines) is 1. The monoisotopic (exact) mass is 439 g/mol. The molecule has 0 bridgehead atoms. The molecular weight excluding hydrogens is 406 g/mol. The Hall–Kier alpha value is -2.97. The van der Waals surface area contributed by atoms with Crippen LogP contribution in [0.5, 0.6) is 0 Å². The smallest absolute Gasteiger partial charge is 0.276 e. The highest BCUT2D eigenvalue weighted by Gasteiger charge is 2.31. The van der Waals surface area contributed by atoms with Crippen molar-refractivity contribution < 1.29 is 9.32 Å². The summed E-state index contributed by atoms with van der Waals surface area (Å²) < 4.78 is 5.31. The second-order valence-electron chi connectivity index (χ2n) is 8.49. The number of amides is 1. The first-order chi connectivity index (χ1) is 15.7. The second-order valence-corrected chi connectivity index (χ2v) is 8.49. The largest absolute Gasteiger partial charge is 0.357 e. The number of nitrogens with one attached hydrogen (secondary N) is 2. The Kier molecular flexibility index (Phi) is 7.68. The standard InChI is InChI=1S/C23H33N7O2/c1-2-24-23(26-14-11-20-28-21(32-29-20)19-10-6-7-13-25-19)27-18-12-15-30(16-18)22(31)17-8-4-3-5-9-17/h6-7,10,13,17-18H,2-5,8-9,11-12,14-16H2,1H3,(H2,24,26,27). The Balaban J connectivity index is 1.27. The van der Waals surface area contributed by atoms with Crippen LogP contribution in [0.1, 0.15) is 51.3 Å². The molecule has 1 aliphatic heterocycles. The number of aromatic nitrogens is 3. The molecule has 1 saturated heterocycles. The van der Waals surface area contributed by atoms with Gasteiger partial charge in [-0.15, -0.1) is 0 Å². The van der Waals surface area contributed by atoms with Gasteiger partial charge in [0.2, 0.25) is 5.91 Å². The molecule has 1 saturated carbocycles. The Labute approximate surface area is 189 Å². The molecule has 1 amide bonds. The van der Waals surface area contributed by atoms with Gasteiger partial charge in [-0.25, -0.2) is 0 Å². The number of hydrogen-bond acceptors (Lipinski definition) is 6. The first kappa shape index (κ1) is 22.2. The highest BCUT2D eigenvalue weighted by molar-refractivity contribution is 5.81. The van der Waals surface area contributed by atoms with E-state index >= 15 is 0 Å². The van der Waals surface area contributed by atoms with Crippen LogP contribution in [0, 0.1) is 5.92 Å². The van der Waals surface area contributed by atoms with E-state index in [9.17, 15) is 4.79 Å². The maximum Gasteiger partial charge on any atom is 0.276 e. The summed E-state index contributed by atoms with van der Waals surface area (Å²) in [5, 5.41) is 10.8. The molecule has 0 spiro atoms. The van der Waals surface area contributed by atoms with E-state index in [1.165, 1.54) is 19.3 Å². The lowest BCUT2D eigenvalue weighted by molar-refractivity contribution is -0.135. The number of nitrogens with zero attached hydrogens (tertiary/aromatic N) is 5. The maximum absolute atomic E-state index is 12.8. The van der Waals surface area contributed by atoms with E-state index < -0.39 is 0 Å². The Morgan fingerprint density at radius 1 is 1.25 bits per heavy atom. The fourth-order valence-corrected chi connectivity index (χ4v) is 4.42. The van der Waals surface area contributed by atoms with Crippen molar-refractivity contribution in [3.63, 3.8) is 0 Å². The highest BCUT2D eigenvalue weighted by atomic mass is 16.5. The van der Waals surface area contributed by atoms with E-state index in [4.69, 9.17) is 4.52 Å². The Morgan fingerprint density at radius 2 is 2.12 bits per heavy atom. The van der Waals surface area contributed by atoms with Crippen molar-refractivity contribution in [3.05, 3.63) is 30.2 Å². The Bertz CT molecular complexity index is 893. The van der Waals surface area contributed by atoms with Crippen molar-refractivity contribution >= 4 is 11.9 Å². The zero-order valence-electron chi connectivity index (χ0n) is 18.8. The number of aliphatic imine (C=N–C) groups is 1. The minimum Gasteiger partial charge on any atom is -0.357 e. The molecule has 32 heavy (non-hydrogen) atoms. The summed E-state index contributed by atoms with van der Waals surface area (Å²) in [6, 6.07) is 5.80. The van der Waals surface area contributed by atoms with Gasteiger partial charge in [-0.1, -0.05) is 30.5 Å². The van der Waals surface area contributed by atoms with Gasteiger partial charge < -0.3 is 20.1 Å². The van der Waals surface area contributed by atoms with Crippen molar-refractivity contribution in [3.8, 4) is 11.6 Å². The molecule has 2 aliphatic rings. The number of rotatable bonds is 7. The topological polar surface area (TPSA) is 109 Å². The summed E-state index contributed by atoms with van der Waals surface area (Å²) in [6.07, 6.45) is 8.96. The van der Waals surface area contributed by atoms with Crippen LogP contribution < -0.4 is 10.6 Å². The average molecular weight is 440 g/mol. The van der Waals surface area contributed by atoms with Gasteiger partial charge in [-0.3, -0.25) is 14.8 Å². The summed E-state index contributed by atoms with van der Waals surface area (Å²) in [6.45, 7) is 4.93. The number of hydrogen-bond donors (Lipinski definition) is 2. The zero-order valence-corrected chi connectivity index (χ0v) is 18.8. The molecule has 3 heterocycles. The van der Waals surface area contributed by atoms with Gasteiger partial charge in [0.25, 0.3) is 5.89 Å². The SMILES string of the molecule is CCNC(=NCCc1noc(-c2ccccn2)n1)NC1CCN(C(=O)C2CCCCC2)C1. The van der Waals surface area contributed by atoms with Gasteiger partial charge in [0, 0.05) is 50.8 Å². The third kappa shape index (κ3) is 5.83. The quantitative estimate of drug-likeness (QED) is 0.504. The van der Waals surface area contributed by atoms with Gasteiger partial charge in [0.1, 0.15) is 5.69 Å².